The highest BCUT2D eigenvalue weighted by molar-refractivity contribution is 5.68. The number of hydrogen-bond donors (Lipinski definition) is 0. The van der Waals surface area contributed by atoms with Gasteiger partial charge in [0.2, 0.25) is 5.95 Å². The molecule has 0 aliphatic carbocycles. The van der Waals surface area contributed by atoms with Crippen LogP contribution in [-0.4, -0.2) is 52.7 Å². The first-order valence-corrected chi connectivity index (χ1v) is 7.44. The number of anilines is 1. The fourth-order valence-electron chi connectivity index (χ4n) is 2.40. The smallest absolute Gasteiger partial charge is 0.410 e. The number of carbonyl (C=O) groups excluding carboxylic acids is 1. The van der Waals surface area contributed by atoms with Crippen molar-refractivity contribution >= 4 is 12.0 Å². The highest BCUT2D eigenvalue weighted by Crippen LogP contribution is 2.20. The minimum atomic E-state index is -0.492. The van der Waals surface area contributed by atoms with Crippen LogP contribution < -0.4 is 4.90 Å². The minimum absolute atomic E-state index is 0.131. The first-order chi connectivity index (χ1) is 10.3. The lowest BCUT2D eigenvalue weighted by Gasteiger charge is -2.37. The summed E-state index contributed by atoms with van der Waals surface area (Å²) in [5, 5.41) is 0. The summed E-state index contributed by atoms with van der Waals surface area (Å²) >= 11 is 0. The van der Waals surface area contributed by atoms with Gasteiger partial charge in [0.1, 0.15) is 5.60 Å². The summed E-state index contributed by atoms with van der Waals surface area (Å²) in [6.07, 6.45) is 3.64. The molecule has 0 aromatic carbocycles. The van der Waals surface area contributed by atoms with Gasteiger partial charge in [-0.3, -0.25) is 0 Å². The molecule has 7 heteroatoms. The molecule has 1 aliphatic heterocycles. The number of aromatic nitrogens is 2. The fraction of sp³-hybridized carbons (Fsp3) is 0.667. The van der Waals surface area contributed by atoms with Crippen molar-refractivity contribution in [1.29, 1.82) is 0 Å². The standard InChI is InChI=1S/C15H23FN4O2/c1-15(2,3)22-14(21)19(4)12-5-7-20(8-6-12)13-17-9-11(16)10-18-13/h9-10,12H,5-8H2,1-4H3. The van der Waals surface area contributed by atoms with Crippen molar-refractivity contribution in [2.45, 2.75) is 45.3 Å². The van der Waals surface area contributed by atoms with Crippen molar-refractivity contribution < 1.29 is 13.9 Å². The Morgan fingerprint density at radius 1 is 1.32 bits per heavy atom. The molecule has 1 fully saturated rings. The SMILES string of the molecule is CN(C(=O)OC(C)(C)C)C1CCN(c2ncc(F)cn2)CC1. The first kappa shape index (κ1) is 16.5. The number of halogens is 1. The second-order valence-electron chi connectivity index (χ2n) is 6.51. The Morgan fingerprint density at radius 3 is 2.36 bits per heavy atom. The van der Waals surface area contributed by atoms with Crippen LogP contribution in [0.3, 0.4) is 0 Å². The van der Waals surface area contributed by atoms with E-state index in [1.807, 2.05) is 25.7 Å². The molecular formula is C15H23FN4O2. The number of carbonyl (C=O) groups is 1. The lowest BCUT2D eigenvalue weighted by Crippen LogP contribution is -2.47. The molecule has 0 unspecified atom stereocenters. The van der Waals surface area contributed by atoms with Gasteiger partial charge in [-0.05, 0) is 33.6 Å². The first-order valence-electron chi connectivity index (χ1n) is 7.44. The lowest BCUT2D eigenvalue weighted by molar-refractivity contribution is 0.0200. The lowest BCUT2D eigenvalue weighted by atomic mass is 10.0. The van der Waals surface area contributed by atoms with Gasteiger partial charge in [0.15, 0.2) is 5.82 Å². The number of amides is 1. The average Bonchev–Trinajstić information content (AvgIpc) is 2.46. The van der Waals surface area contributed by atoms with Crippen LogP contribution in [0, 0.1) is 5.82 Å². The maximum atomic E-state index is 12.8. The molecule has 0 radical (unpaired) electrons. The van der Waals surface area contributed by atoms with E-state index in [-0.39, 0.29) is 12.1 Å². The number of nitrogens with zero attached hydrogens (tertiary/aromatic N) is 4. The third-order valence-electron chi connectivity index (χ3n) is 3.58. The number of piperidine rings is 1. The Balaban J connectivity index is 1.88. The molecule has 1 aromatic heterocycles. The molecule has 1 aliphatic rings. The molecule has 1 saturated heterocycles. The molecule has 2 rings (SSSR count). The molecule has 1 aromatic rings. The molecule has 0 saturated carbocycles. The topological polar surface area (TPSA) is 58.6 Å². The predicted octanol–water partition coefficient (Wildman–Crippen LogP) is 2.45. The van der Waals surface area contributed by atoms with E-state index in [1.165, 1.54) is 12.4 Å². The van der Waals surface area contributed by atoms with Gasteiger partial charge in [0.05, 0.1) is 12.4 Å². The molecule has 0 atom stereocenters. The zero-order chi connectivity index (χ0) is 16.3. The molecule has 0 bridgehead atoms. The van der Waals surface area contributed by atoms with Crippen molar-refractivity contribution in [1.82, 2.24) is 14.9 Å². The summed E-state index contributed by atoms with van der Waals surface area (Å²) < 4.78 is 18.2. The third-order valence-corrected chi connectivity index (χ3v) is 3.58. The summed E-state index contributed by atoms with van der Waals surface area (Å²) in [4.78, 5) is 23.7. The quantitative estimate of drug-likeness (QED) is 0.840. The highest BCUT2D eigenvalue weighted by atomic mass is 19.1. The van der Waals surface area contributed by atoms with Gasteiger partial charge in [-0.1, -0.05) is 0 Å². The van der Waals surface area contributed by atoms with Gasteiger partial charge in [-0.2, -0.15) is 0 Å². The molecule has 0 spiro atoms. The van der Waals surface area contributed by atoms with Crippen molar-refractivity contribution in [3.8, 4) is 0 Å². The zero-order valence-electron chi connectivity index (χ0n) is 13.5. The van der Waals surface area contributed by atoms with E-state index in [9.17, 15) is 9.18 Å². The van der Waals surface area contributed by atoms with Crippen LogP contribution in [0.2, 0.25) is 0 Å². The Labute approximate surface area is 130 Å². The van der Waals surface area contributed by atoms with E-state index < -0.39 is 11.4 Å². The van der Waals surface area contributed by atoms with Crippen molar-refractivity contribution in [2.75, 3.05) is 25.0 Å². The van der Waals surface area contributed by atoms with E-state index in [4.69, 9.17) is 4.74 Å². The van der Waals surface area contributed by atoms with Crippen LogP contribution in [-0.2, 0) is 4.74 Å². The van der Waals surface area contributed by atoms with Crippen LogP contribution in [0.4, 0.5) is 15.1 Å². The Kier molecular flexibility index (Phi) is 4.83. The van der Waals surface area contributed by atoms with E-state index >= 15 is 0 Å². The second kappa shape index (κ2) is 6.46. The van der Waals surface area contributed by atoms with Gasteiger partial charge in [0, 0.05) is 26.2 Å². The Hall–Kier alpha value is -1.92. The molecule has 1 amide bonds. The van der Waals surface area contributed by atoms with Gasteiger partial charge in [-0.15, -0.1) is 0 Å². The normalized spacial score (nSPS) is 16.5. The minimum Gasteiger partial charge on any atom is -0.444 e. The van der Waals surface area contributed by atoms with E-state index in [0.717, 1.165) is 25.9 Å². The summed E-state index contributed by atoms with van der Waals surface area (Å²) in [5.41, 5.74) is -0.492. The monoisotopic (exact) mass is 310 g/mol. The third kappa shape index (κ3) is 4.29. The summed E-state index contributed by atoms with van der Waals surface area (Å²) in [5.74, 6) is 0.0862. The Morgan fingerprint density at radius 2 is 1.86 bits per heavy atom. The van der Waals surface area contributed by atoms with Crippen molar-refractivity contribution in [2.24, 2.45) is 0 Å². The van der Waals surface area contributed by atoms with Crippen LogP contribution in [0.5, 0.6) is 0 Å². The molecule has 6 nitrogen and oxygen atoms in total. The van der Waals surface area contributed by atoms with E-state index in [0.29, 0.717) is 5.95 Å². The largest absolute Gasteiger partial charge is 0.444 e. The van der Waals surface area contributed by atoms with E-state index in [1.54, 1.807) is 11.9 Å². The van der Waals surface area contributed by atoms with Gasteiger partial charge >= 0.3 is 6.09 Å². The van der Waals surface area contributed by atoms with Crippen molar-refractivity contribution in [3.63, 3.8) is 0 Å². The number of rotatable bonds is 2. The van der Waals surface area contributed by atoms with Gasteiger partial charge < -0.3 is 14.5 Å². The number of hydrogen-bond acceptors (Lipinski definition) is 5. The van der Waals surface area contributed by atoms with Crippen LogP contribution in [0.15, 0.2) is 12.4 Å². The van der Waals surface area contributed by atoms with Crippen LogP contribution >= 0.6 is 0 Å². The van der Waals surface area contributed by atoms with Crippen LogP contribution in [0.25, 0.3) is 0 Å². The maximum absolute atomic E-state index is 12.8. The predicted molar refractivity (Wildman–Crippen MR) is 81.2 cm³/mol. The van der Waals surface area contributed by atoms with E-state index in [2.05, 4.69) is 9.97 Å². The van der Waals surface area contributed by atoms with Gasteiger partial charge in [-0.25, -0.2) is 19.2 Å². The van der Waals surface area contributed by atoms with Gasteiger partial charge in [0.25, 0.3) is 0 Å². The van der Waals surface area contributed by atoms with Crippen LogP contribution in [0.1, 0.15) is 33.6 Å². The molecule has 0 N–H and O–H groups in total. The summed E-state index contributed by atoms with van der Waals surface area (Å²) in [7, 11) is 1.77. The summed E-state index contributed by atoms with van der Waals surface area (Å²) in [6.45, 7) is 7.01. The molecule has 2 heterocycles. The van der Waals surface area contributed by atoms with Crippen molar-refractivity contribution in [3.05, 3.63) is 18.2 Å². The zero-order valence-corrected chi connectivity index (χ0v) is 13.5. The molecule has 22 heavy (non-hydrogen) atoms. The molecule has 122 valence electrons. The maximum Gasteiger partial charge on any atom is 0.410 e. The molecular weight excluding hydrogens is 287 g/mol. The highest BCUT2D eigenvalue weighted by Gasteiger charge is 2.29. The fourth-order valence-corrected chi connectivity index (χ4v) is 2.40. The number of ether oxygens (including phenoxy) is 1. The average molecular weight is 310 g/mol. The second-order valence-corrected chi connectivity index (χ2v) is 6.51. The Bertz CT molecular complexity index is 507. The summed E-state index contributed by atoms with van der Waals surface area (Å²) in [6, 6.07) is 0.131.